The molecule has 3 rings (SSSR count). The second-order valence-electron chi connectivity index (χ2n) is 8.88. The molecule has 168 valence electrons. The molecule has 0 radical (unpaired) electrons. The summed E-state index contributed by atoms with van der Waals surface area (Å²) in [4.78, 5) is 21.4. The van der Waals surface area contributed by atoms with Crippen molar-refractivity contribution in [2.24, 2.45) is 10.4 Å². The zero-order valence-electron chi connectivity index (χ0n) is 18.9. The average molecular weight is 527 g/mol. The van der Waals surface area contributed by atoms with Gasteiger partial charge in [0.15, 0.2) is 5.96 Å². The second kappa shape index (κ2) is 11.2. The SMILES string of the molecule is CN=C(NCC1(C(=O)N(C)C)CCCC1)NC1CCCN(c2ccc(C)cc2)C1.I. The van der Waals surface area contributed by atoms with Gasteiger partial charge in [-0.15, -0.1) is 24.0 Å². The molecule has 1 aliphatic heterocycles. The maximum absolute atomic E-state index is 12.8. The van der Waals surface area contributed by atoms with Crippen molar-refractivity contribution in [2.75, 3.05) is 45.7 Å². The van der Waals surface area contributed by atoms with E-state index in [4.69, 9.17) is 0 Å². The van der Waals surface area contributed by atoms with E-state index in [9.17, 15) is 4.79 Å². The van der Waals surface area contributed by atoms with Crippen LogP contribution in [0.5, 0.6) is 0 Å². The molecule has 0 spiro atoms. The van der Waals surface area contributed by atoms with E-state index in [1.807, 2.05) is 21.1 Å². The lowest BCUT2D eigenvalue weighted by molar-refractivity contribution is -0.138. The van der Waals surface area contributed by atoms with E-state index in [1.54, 1.807) is 4.90 Å². The van der Waals surface area contributed by atoms with Gasteiger partial charge in [0.05, 0.1) is 5.41 Å². The fraction of sp³-hybridized carbons (Fsp3) is 0.652. The topological polar surface area (TPSA) is 60.0 Å². The van der Waals surface area contributed by atoms with Crippen LogP contribution in [0.4, 0.5) is 5.69 Å². The van der Waals surface area contributed by atoms with Crippen molar-refractivity contribution in [3.8, 4) is 0 Å². The van der Waals surface area contributed by atoms with Crippen LogP contribution in [-0.4, -0.2) is 63.6 Å². The van der Waals surface area contributed by atoms with Crippen molar-refractivity contribution < 1.29 is 4.79 Å². The minimum atomic E-state index is -0.290. The third-order valence-corrected chi connectivity index (χ3v) is 6.40. The number of nitrogens with zero attached hydrogens (tertiary/aromatic N) is 3. The minimum Gasteiger partial charge on any atom is -0.369 e. The summed E-state index contributed by atoms with van der Waals surface area (Å²) >= 11 is 0. The highest BCUT2D eigenvalue weighted by Gasteiger charge is 2.42. The quantitative estimate of drug-likeness (QED) is 0.350. The van der Waals surface area contributed by atoms with Gasteiger partial charge in [-0.2, -0.15) is 0 Å². The summed E-state index contributed by atoms with van der Waals surface area (Å²) in [6, 6.07) is 9.12. The Labute approximate surface area is 198 Å². The van der Waals surface area contributed by atoms with Gasteiger partial charge in [-0.3, -0.25) is 9.79 Å². The number of guanidine groups is 1. The van der Waals surface area contributed by atoms with Gasteiger partial charge in [0, 0.05) is 52.5 Å². The Bertz CT molecular complexity index is 713. The molecule has 7 heteroatoms. The monoisotopic (exact) mass is 527 g/mol. The Hall–Kier alpha value is -1.51. The Morgan fingerprint density at radius 3 is 2.47 bits per heavy atom. The van der Waals surface area contributed by atoms with Crippen molar-refractivity contribution in [1.29, 1.82) is 0 Å². The number of halogens is 1. The Kier molecular flexibility index (Phi) is 9.25. The molecule has 2 fully saturated rings. The number of carbonyl (C=O) groups excluding carboxylic acids is 1. The third kappa shape index (κ3) is 6.02. The Balaban J connectivity index is 0.00000320. The summed E-state index contributed by atoms with van der Waals surface area (Å²) in [6.07, 6.45) is 6.45. The number of hydrogen-bond acceptors (Lipinski definition) is 3. The number of carbonyl (C=O) groups is 1. The van der Waals surface area contributed by atoms with E-state index in [-0.39, 0.29) is 35.3 Å². The standard InChI is InChI=1S/C23H37N5O.HI/c1-18-9-11-20(12-10-18)28-15-7-8-19(16-28)26-22(24-2)25-17-23(13-5-6-14-23)21(29)27(3)4;/h9-12,19H,5-8,13-17H2,1-4H3,(H2,24,25,26);1H. The highest BCUT2D eigenvalue weighted by molar-refractivity contribution is 14.0. The molecule has 6 nitrogen and oxygen atoms in total. The zero-order chi connectivity index (χ0) is 20.9. The summed E-state index contributed by atoms with van der Waals surface area (Å²) in [5, 5.41) is 7.07. The summed E-state index contributed by atoms with van der Waals surface area (Å²) in [7, 11) is 5.53. The van der Waals surface area contributed by atoms with E-state index in [0.29, 0.717) is 12.6 Å². The number of anilines is 1. The fourth-order valence-electron chi connectivity index (χ4n) is 4.72. The number of benzene rings is 1. The summed E-state index contributed by atoms with van der Waals surface area (Å²) in [5.41, 5.74) is 2.28. The van der Waals surface area contributed by atoms with E-state index in [1.165, 1.54) is 11.3 Å². The number of amides is 1. The fourth-order valence-corrected chi connectivity index (χ4v) is 4.72. The maximum Gasteiger partial charge on any atom is 0.230 e. The van der Waals surface area contributed by atoms with E-state index < -0.39 is 0 Å². The predicted octanol–water partition coefficient (Wildman–Crippen LogP) is 3.40. The van der Waals surface area contributed by atoms with Gasteiger partial charge >= 0.3 is 0 Å². The normalized spacial score (nSPS) is 21.0. The minimum absolute atomic E-state index is 0. The molecule has 2 aliphatic rings. The van der Waals surface area contributed by atoms with E-state index >= 15 is 0 Å². The Morgan fingerprint density at radius 2 is 1.87 bits per heavy atom. The molecule has 1 aliphatic carbocycles. The third-order valence-electron chi connectivity index (χ3n) is 6.40. The number of aliphatic imine (C=N–C) groups is 1. The van der Waals surface area contributed by atoms with E-state index in [0.717, 1.165) is 57.6 Å². The van der Waals surface area contributed by atoms with Gasteiger partial charge < -0.3 is 20.4 Å². The van der Waals surface area contributed by atoms with Crippen LogP contribution in [-0.2, 0) is 4.79 Å². The van der Waals surface area contributed by atoms with E-state index in [2.05, 4.69) is 51.7 Å². The van der Waals surface area contributed by atoms with Gasteiger partial charge in [0.25, 0.3) is 0 Å². The predicted molar refractivity (Wildman–Crippen MR) is 136 cm³/mol. The lowest BCUT2D eigenvalue weighted by Gasteiger charge is -2.36. The van der Waals surface area contributed by atoms with Gasteiger partial charge in [-0.25, -0.2) is 0 Å². The van der Waals surface area contributed by atoms with Gasteiger partial charge in [0.1, 0.15) is 0 Å². The first-order valence-electron chi connectivity index (χ1n) is 10.9. The first-order chi connectivity index (χ1) is 13.9. The molecule has 1 amide bonds. The first kappa shape index (κ1) is 24.8. The molecule has 1 saturated heterocycles. The maximum atomic E-state index is 12.8. The number of nitrogens with one attached hydrogen (secondary N) is 2. The summed E-state index contributed by atoms with van der Waals surface area (Å²) < 4.78 is 0. The van der Waals surface area contributed by atoms with Crippen molar-refractivity contribution in [2.45, 2.75) is 51.5 Å². The average Bonchev–Trinajstić information content (AvgIpc) is 3.21. The van der Waals surface area contributed by atoms with Crippen molar-refractivity contribution >= 4 is 41.5 Å². The number of aryl methyl sites for hydroxylation is 1. The first-order valence-corrected chi connectivity index (χ1v) is 10.9. The largest absolute Gasteiger partial charge is 0.369 e. The molecule has 0 aromatic heterocycles. The molecule has 1 unspecified atom stereocenters. The molecule has 0 bridgehead atoms. The molecule has 30 heavy (non-hydrogen) atoms. The molecule has 1 aromatic carbocycles. The molecular weight excluding hydrogens is 489 g/mol. The van der Waals surface area contributed by atoms with Crippen molar-refractivity contribution in [3.63, 3.8) is 0 Å². The zero-order valence-corrected chi connectivity index (χ0v) is 21.2. The van der Waals surface area contributed by atoms with Crippen LogP contribution in [0, 0.1) is 12.3 Å². The lowest BCUT2D eigenvalue weighted by atomic mass is 9.84. The van der Waals surface area contributed by atoms with Crippen LogP contribution in [0.25, 0.3) is 0 Å². The van der Waals surface area contributed by atoms with Crippen LogP contribution < -0.4 is 15.5 Å². The smallest absolute Gasteiger partial charge is 0.230 e. The van der Waals surface area contributed by atoms with Gasteiger partial charge in [0.2, 0.25) is 5.91 Å². The van der Waals surface area contributed by atoms with Gasteiger partial charge in [-0.05, 0) is 44.7 Å². The second-order valence-corrected chi connectivity index (χ2v) is 8.88. The van der Waals surface area contributed by atoms with Crippen molar-refractivity contribution in [3.05, 3.63) is 29.8 Å². The summed E-state index contributed by atoms with van der Waals surface area (Å²) in [5.74, 6) is 1.04. The molecule has 1 heterocycles. The van der Waals surface area contributed by atoms with Crippen LogP contribution >= 0.6 is 24.0 Å². The molecule has 1 saturated carbocycles. The highest BCUT2D eigenvalue weighted by Crippen LogP contribution is 2.38. The Morgan fingerprint density at radius 1 is 1.20 bits per heavy atom. The van der Waals surface area contributed by atoms with Crippen LogP contribution in [0.2, 0.25) is 0 Å². The molecule has 1 aromatic rings. The van der Waals surface area contributed by atoms with Gasteiger partial charge in [-0.1, -0.05) is 30.5 Å². The highest BCUT2D eigenvalue weighted by atomic mass is 127. The summed E-state index contributed by atoms with van der Waals surface area (Å²) in [6.45, 7) is 4.83. The number of hydrogen-bond donors (Lipinski definition) is 2. The molecule has 1 atom stereocenters. The number of rotatable bonds is 5. The number of piperidine rings is 1. The van der Waals surface area contributed by atoms with Crippen LogP contribution in [0.1, 0.15) is 44.1 Å². The van der Waals surface area contributed by atoms with Crippen LogP contribution in [0.3, 0.4) is 0 Å². The molecule has 2 N–H and O–H groups in total. The van der Waals surface area contributed by atoms with Crippen molar-refractivity contribution in [1.82, 2.24) is 15.5 Å². The lowest BCUT2D eigenvalue weighted by Crippen LogP contribution is -2.54. The molecular formula is C23H38IN5O. The van der Waals surface area contributed by atoms with Crippen LogP contribution in [0.15, 0.2) is 29.3 Å².